The van der Waals surface area contributed by atoms with E-state index in [0.717, 1.165) is 20.4 Å². The summed E-state index contributed by atoms with van der Waals surface area (Å²) in [6, 6.07) is 7.18. The van der Waals surface area contributed by atoms with Gasteiger partial charge in [0.2, 0.25) is 0 Å². The lowest BCUT2D eigenvalue weighted by Crippen LogP contribution is -2.19. The number of carbonyl (C=O) groups excluding carboxylic acids is 2. The third-order valence-electron chi connectivity index (χ3n) is 5.52. The van der Waals surface area contributed by atoms with Crippen LogP contribution in [0.25, 0.3) is 20.4 Å². The van der Waals surface area contributed by atoms with Gasteiger partial charge in [0.1, 0.15) is 56.6 Å². The number of benzene rings is 2. The molecule has 0 bridgehead atoms. The number of hydrogen-bond acceptors (Lipinski definition) is 9. The molecule has 196 valence electrons. The van der Waals surface area contributed by atoms with Gasteiger partial charge in [-0.15, -0.1) is 0 Å². The van der Waals surface area contributed by atoms with Gasteiger partial charge in [0.05, 0.1) is 28.4 Å². The van der Waals surface area contributed by atoms with Crippen molar-refractivity contribution in [2.75, 3.05) is 41.7 Å². The lowest BCUT2D eigenvalue weighted by molar-refractivity contribution is -0.127. The summed E-state index contributed by atoms with van der Waals surface area (Å²) in [4.78, 5) is 34.1. The SMILES string of the molecule is COc1ccc(OC)c2c1sc(=NC(=O)COCC(=O)N=c1sc3c(OC)ccc(OC)c3n1C)n2C. The van der Waals surface area contributed by atoms with Gasteiger partial charge in [0.25, 0.3) is 11.8 Å². The summed E-state index contributed by atoms with van der Waals surface area (Å²) in [6.07, 6.45) is 0. The molecule has 2 amide bonds. The van der Waals surface area contributed by atoms with Crippen molar-refractivity contribution in [1.82, 2.24) is 9.13 Å². The Bertz CT molecular complexity index is 1510. The van der Waals surface area contributed by atoms with E-state index >= 15 is 0 Å². The van der Waals surface area contributed by atoms with Gasteiger partial charge in [-0.1, -0.05) is 22.7 Å². The maximum Gasteiger partial charge on any atom is 0.274 e. The molecule has 0 spiro atoms. The number of hydrogen-bond donors (Lipinski definition) is 0. The van der Waals surface area contributed by atoms with Gasteiger partial charge in [-0.3, -0.25) is 9.59 Å². The highest BCUT2D eigenvalue weighted by Crippen LogP contribution is 2.35. The Kier molecular flexibility index (Phi) is 7.95. The first-order valence-corrected chi connectivity index (χ1v) is 12.6. The summed E-state index contributed by atoms with van der Waals surface area (Å²) in [7, 11) is 9.86. The highest BCUT2D eigenvalue weighted by molar-refractivity contribution is 7.17. The van der Waals surface area contributed by atoms with E-state index in [1.54, 1.807) is 75.9 Å². The maximum atomic E-state index is 12.5. The van der Waals surface area contributed by atoms with Crippen molar-refractivity contribution in [3.05, 3.63) is 33.9 Å². The summed E-state index contributed by atoms with van der Waals surface area (Å²) >= 11 is 2.58. The third kappa shape index (κ3) is 5.10. The molecule has 2 aromatic heterocycles. The van der Waals surface area contributed by atoms with Crippen LogP contribution in [-0.2, 0) is 28.4 Å². The number of aromatic nitrogens is 2. The minimum absolute atomic E-state index is 0.371. The van der Waals surface area contributed by atoms with Gasteiger partial charge in [0.15, 0.2) is 9.60 Å². The van der Waals surface area contributed by atoms with E-state index in [2.05, 4.69) is 9.98 Å². The molecular weight excluding hydrogens is 520 g/mol. The molecule has 0 N–H and O–H groups in total. The molecule has 4 aromatic rings. The number of fused-ring (bicyclic) bond motifs is 2. The molecule has 37 heavy (non-hydrogen) atoms. The van der Waals surface area contributed by atoms with Crippen LogP contribution in [0, 0.1) is 0 Å². The first kappa shape index (κ1) is 26.4. The second-order valence-corrected chi connectivity index (χ2v) is 9.64. The predicted molar refractivity (Wildman–Crippen MR) is 140 cm³/mol. The van der Waals surface area contributed by atoms with Crippen LogP contribution in [0.1, 0.15) is 0 Å². The van der Waals surface area contributed by atoms with E-state index in [4.69, 9.17) is 23.7 Å². The highest BCUT2D eigenvalue weighted by Gasteiger charge is 2.16. The van der Waals surface area contributed by atoms with Crippen LogP contribution in [0.3, 0.4) is 0 Å². The van der Waals surface area contributed by atoms with Crippen LogP contribution < -0.4 is 28.6 Å². The van der Waals surface area contributed by atoms with E-state index in [-0.39, 0.29) is 13.2 Å². The van der Waals surface area contributed by atoms with Crippen LogP contribution in [0.4, 0.5) is 0 Å². The van der Waals surface area contributed by atoms with Gasteiger partial charge < -0.3 is 32.8 Å². The Balaban J connectivity index is 1.50. The molecule has 0 radical (unpaired) electrons. The number of aryl methyl sites for hydroxylation is 2. The Morgan fingerprint density at radius 1 is 0.676 bits per heavy atom. The zero-order valence-electron chi connectivity index (χ0n) is 21.2. The number of rotatable bonds is 8. The van der Waals surface area contributed by atoms with Crippen LogP contribution in [0.2, 0.25) is 0 Å². The van der Waals surface area contributed by atoms with Crippen LogP contribution in [0.5, 0.6) is 23.0 Å². The van der Waals surface area contributed by atoms with Crippen molar-refractivity contribution in [2.24, 2.45) is 24.1 Å². The number of carbonyl (C=O) groups is 2. The number of methoxy groups -OCH3 is 4. The predicted octanol–water partition coefficient (Wildman–Crippen LogP) is 2.40. The number of ether oxygens (including phenoxy) is 5. The van der Waals surface area contributed by atoms with E-state index in [0.29, 0.717) is 32.6 Å². The summed E-state index contributed by atoms with van der Waals surface area (Å²) in [5.74, 6) is 1.51. The largest absolute Gasteiger partial charge is 0.495 e. The Labute approximate surface area is 219 Å². The van der Waals surface area contributed by atoms with Crippen molar-refractivity contribution >= 4 is 54.9 Å². The van der Waals surface area contributed by atoms with Crippen LogP contribution in [0.15, 0.2) is 34.3 Å². The average Bonchev–Trinajstić information content (AvgIpc) is 3.39. The first-order chi connectivity index (χ1) is 17.8. The van der Waals surface area contributed by atoms with Gasteiger partial charge in [0, 0.05) is 14.1 Å². The molecule has 4 rings (SSSR count). The number of thiazole rings is 2. The van der Waals surface area contributed by atoms with Crippen molar-refractivity contribution in [3.63, 3.8) is 0 Å². The normalized spacial score (nSPS) is 12.4. The van der Waals surface area contributed by atoms with Crippen molar-refractivity contribution in [2.45, 2.75) is 0 Å². The summed E-state index contributed by atoms with van der Waals surface area (Å²) in [5, 5.41) is 0. The first-order valence-electron chi connectivity index (χ1n) is 11.0. The molecular formula is C24H26N4O7S2. The fourth-order valence-electron chi connectivity index (χ4n) is 3.76. The molecule has 0 unspecified atom stereocenters. The second kappa shape index (κ2) is 11.2. The van der Waals surface area contributed by atoms with E-state index < -0.39 is 11.8 Å². The van der Waals surface area contributed by atoms with Crippen molar-refractivity contribution in [1.29, 1.82) is 0 Å². The summed E-state index contributed by atoms with van der Waals surface area (Å²) in [6.45, 7) is -0.742. The third-order valence-corrected chi connectivity index (χ3v) is 7.81. The second-order valence-electron chi connectivity index (χ2n) is 7.69. The minimum Gasteiger partial charge on any atom is -0.495 e. The summed E-state index contributed by atoms with van der Waals surface area (Å²) in [5.41, 5.74) is 1.52. The van der Waals surface area contributed by atoms with Crippen molar-refractivity contribution < 1.29 is 33.3 Å². The minimum atomic E-state index is -0.533. The molecule has 2 heterocycles. The Morgan fingerprint density at radius 2 is 1.03 bits per heavy atom. The topological polar surface area (TPSA) is 115 Å². The smallest absolute Gasteiger partial charge is 0.274 e. The maximum absolute atomic E-state index is 12.5. The standard InChI is InChI=1S/C24H26N4O7S2/c1-27-19-13(31-3)7-9-15(33-5)21(19)36-23(27)25-17(29)11-35-12-18(30)26-24-28(2)20-14(32-4)8-10-16(34-6)22(20)37-24/h7-10H,11-12H2,1-6H3. The van der Waals surface area contributed by atoms with E-state index in [1.165, 1.54) is 22.7 Å². The molecule has 0 atom stereocenters. The van der Waals surface area contributed by atoms with Gasteiger partial charge >= 0.3 is 0 Å². The lowest BCUT2D eigenvalue weighted by atomic mass is 10.3. The molecule has 0 aliphatic rings. The molecule has 0 fully saturated rings. The van der Waals surface area contributed by atoms with E-state index in [9.17, 15) is 9.59 Å². The fourth-order valence-corrected chi connectivity index (χ4v) is 6.05. The Morgan fingerprint density at radius 3 is 1.38 bits per heavy atom. The summed E-state index contributed by atoms with van der Waals surface area (Å²) < 4.78 is 32.1. The molecule has 2 aromatic carbocycles. The zero-order valence-corrected chi connectivity index (χ0v) is 22.8. The lowest BCUT2D eigenvalue weighted by Gasteiger charge is -2.06. The molecule has 13 heteroatoms. The molecule has 0 aliphatic heterocycles. The fraction of sp³-hybridized carbons (Fsp3) is 0.333. The van der Waals surface area contributed by atoms with Crippen LogP contribution in [-0.4, -0.2) is 62.6 Å². The van der Waals surface area contributed by atoms with Gasteiger partial charge in [-0.2, -0.15) is 9.98 Å². The monoisotopic (exact) mass is 546 g/mol. The molecule has 0 aliphatic carbocycles. The molecule has 11 nitrogen and oxygen atoms in total. The van der Waals surface area contributed by atoms with Gasteiger partial charge in [-0.25, -0.2) is 0 Å². The highest BCUT2D eigenvalue weighted by atomic mass is 32.1. The van der Waals surface area contributed by atoms with Gasteiger partial charge in [-0.05, 0) is 24.3 Å². The van der Waals surface area contributed by atoms with Crippen LogP contribution >= 0.6 is 22.7 Å². The Hall–Kier alpha value is -3.68. The molecule has 0 saturated heterocycles. The molecule has 0 saturated carbocycles. The average molecular weight is 547 g/mol. The quantitative estimate of drug-likeness (QED) is 0.333. The number of amides is 2. The van der Waals surface area contributed by atoms with Crippen molar-refractivity contribution in [3.8, 4) is 23.0 Å². The zero-order chi connectivity index (χ0) is 26.7. The van der Waals surface area contributed by atoms with E-state index in [1.807, 2.05) is 0 Å². The number of nitrogens with zero attached hydrogens (tertiary/aromatic N) is 4.